The molecule has 6 heteroatoms. The molecular formula is C18H26O6. The van der Waals surface area contributed by atoms with Crippen LogP contribution in [0.5, 0.6) is 0 Å². The number of fused-ring (bicyclic) bond motifs is 1. The third kappa shape index (κ3) is 3.49. The average molecular weight is 338 g/mol. The molecule has 0 aliphatic carbocycles. The number of aliphatic hydroxyl groups is 1. The molecule has 134 valence electrons. The predicted molar refractivity (Wildman–Crippen MR) is 86.2 cm³/mol. The van der Waals surface area contributed by atoms with E-state index < -0.39 is 17.7 Å². The molecule has 2 saturated heterocycles. The number of benzene rings is 1. The van der Waals surface area contributed by atoms with Crippen molar-refractivity contribution in [2.24, 2.45) is 0 Å². The second kappa shape index (κ2) is 7.07. The summed E-state index contributed by atoms with van der Waals surface area (Å²) in [4.78, 5) is 0. The maximum atomic E-state index is 9.51. The third-order valence-corrected chi connectivity index (χ3v) is 4.50. The van der Waals surface area contributed by atoms with Crippen LogP contribution >= 0.6 is 0 Å². The third-order valence-electron chi connectivity index (χ3n) is 4.50. The lowest BCUT2D eigenvalue weighted by Crippen LogP contribution is -2.50. The molecule has 4 atom stereocenters. The summed E-state index contributed by atoms with van der Waals surface area (Å²) < 4.78 is 29.4. The van der Waals surface area contributed by atoms with Crippen molar-refractivity contribution < 1.29 is 28.8 Å². The van der Waals surface area contributed by atoms with Crippen molar-refractivity contribution in [1.29, 1.82) is 0 Å². The van der Waals surface area contributed by atoms with Gasteiger partial charge in [0.15, 0.2) is 12.1 Å². The summed E-state index contributed by atoms with van der Waals surface area (Å²) in [6.07, 6.45) is -0.832. The van der Waals surface area contributed by atoms with Gasteiger partial charge in [-0.2, -0.15) is 0 Å². The molecule has 1 aromatic rings. The van der Waals surface area contributed by atoms with Gasteiger partial charge in [0.25, 0.3) is 0 Å². The van der Waals surface area contributed by atoms with Gasteiger partial charge >= 0.3 is 0 Å². The summed E-state index contributed by atoms with van der Waals surface area (Å²) >= 11 is 0. The molecule has 2 aliphatic heterocycles. The average Bonchev–Trinajstić information content (AvgIpc) is 2.97. The van der Waals surface area contributed by atoms with Crippen molar-refractivity contribution in [3.8, 4) is 0 Å². The van der Waals surface area contributed by atoms with Crippen LogP contribution in [0.15, 0.2) is 30.3 Å². The molecule has 0 saturated carbocycles. The Morgan fingerprint density at radius 1 is 1.12 bits per heavy atom. The van der Waals surface area contributed by atoms with E-state index in [1.807, 2.05) is 44.2 Å². The minimum atomic E-state index is -0.788. The van der Waals surface area contributed by atoms with Crippen LogP contribution < -0.4 is 0 Å². The summed E-state index contributed by atoms with van der Waals surface area (Å²) in [5.74, 6) is -0.706. The summed E-state index contributed by atoms with van der Waals surface area (Å²) in [5.41, 5.74) is 0.293. The Kier molecular flexibility index (Phi) is 5.24. The molecule has 1 aromatic carbocycles. The Morgan fingerprint density at radius 2 is 1.88 bits per heavy atom. The molecule has 24 heavy (non-hydrogen) atoms. The van der Waals surface area contributed by atoms with E-state index in [2.05, 4.69) is 0 Å². The maximum absolute atomic E-state index is 9.51. The first-order valence-corrected chi connectivity index (χ1v) is 8.28. The second-order valence-corrected chi connectivity index (χ2v) is 6.76. The first kappa shape index (κ1) is 17.8. The van der Waals surface area contributed by atoms with Crippen molar-refractivity contribution in [3.05, 3.63) is 35.9 Å². The first-order chi connectivity index (χ1) is 11.5. The predicted octanol–water partition coefficient (Wildman–Crippen LogP) is 1.85. The monoisotopic (exact) mass is 338 g/mol. The van der Waals surface area contributed by atoms with E-state index in [0.29, 0.717) is 19.6 Å². The maximum Gasteiger partial charge on any atom is 0.190 e. The van der Waals surface area contributed by atoms with Gasteiger partial charge in [0.2, 0.25) is 0 Å². The molecule has 0 unspecified atom stereocenters. The fourth-order valence-corrected chi connectivity index (χ4v) is 3.49. The molecule has 2 fully saturated rings. The van der Waals surface area contributed by atoms with E-state index in [1.54, 1.807) is 7.11 Å². The minimum Gasteiger partial charge on any atom is -0.396 e. The van der Waals surface area contributed by atoms with Crippen LogP contribution in [0.25, 0.3) is 0 Å². The van der Waals surface area contributed by atoms with Gasteiger partial charge in [0.1, 0.15) is 17.8 Å². The standard InChI is InChI=1S/C18H26O6/c1-17(2)22-14-15(20-3)18(9-10-19,24-16(14)23-17)12-21-11-13-7-5-4-6-8-13/h4-8,14-16,19H,9-12H2,1-3H3/t14-,15+,16+,18-/m1/s1. The molecule has 3 rings (SSSR count). The van der Waals surface area contributed by atoms with Crippen molar-refractivity contribution in [2.75, 3.05) is 20.3 Å². The van der Waals surface area contributed by atoms with Gasteiger partial charge in [-0.3, -0.25) is 0 Å². The van der Waals surface area contributed by atoms with Gasteiger partial charge in [0.05, 0.1) is 13.2 Å². The Bertz CT molecular complexity index is 534. The van der Waals surface area contributed by atoms with Crippen molar-refractivity contribution >= 4 is 0 Å². The zero-order valence-electron chi connectivity index (χ0n) is 14.4. The van der Waals surface area contributed by atoms with Crippen LogP contribution in [0.3, 0.4) is 0 Å². The van der Waals surface area contributed by atoms with Gasteiger partial charge in [0, 0.05) is 20.1 Å². The normalized spacial score (nSPS) is 34.4. The summed E-state index contributed by atoms with van der Waals surface area (Å²) in [7, 11) is 1.62. The Morgan fingerprint density at radius 3 is 2.54 bits per heavy atom. The first-order valence-electron chi connectivity index (χ1n) is 8.28. The van der Waals surface area contributed by atoms with Crippen LogP contribution in [-0.2, 0) is 30.3 Å². The Labute approximate surface area is 142 Å². The van der Waals surface area contributed by atoms with E-state index >= 15 is 0 Å². The Balaban J connectivity index is 1.69. The molecule has 6 nitrogen and oxygen atoms in total. The largest absolute Gasteiger partial charge is 0.396 e. The van der Waals surface area contributed by atoms with Gasteiger partial charge < -0.3 is 28.8 Å². The van der Waals surface area contributed by atoms with E-state index in [-0.39, 0.29) is 18.8 Å². The molecule has 2 aliphatic rings. The number of hydrogen-bond donors (Lipinski definition) is 1. The number of methoxy groups -OCH3 is 1. The molecule has 0 radical (unpaired) electrons. The van der Waals surface area contributed by atoms with Crippen molar-refractivity contribution in [1.82, 2.24) is 0 Å². The van der Waals surface area contributed by atoms with Crippen molar-refractivity contribution in [3.63, 3.8) is 0 Å². The lowest BCUT2D eigenvalue weighted by Gasteiger charge is -2.35. The van der Waals surface area contributed by atoms with Gasteiger partial charge in [-0.25, -0.2) is 0 Å². The molecular weight excluding hydrogens is 312 g/mol. The van der Waals surface area contributed by atoms with Gasteiger partial charge in [-0.1, -0.05) is 30.3 Å². The highest BCUT2D eigenvalue weighted by molar-refractivity contribution is 5.13. The number of ether oxygens (including phenoxy) is 5. The zero-order chi connectivity index (χ0) is 17.2. The molecule has 0 bridgehead atoms. The molecule has 0 spiro atoms. The van der Waals surface area contributed by atoms with E-state index in [1.165, 1.54) is 0 Å². The van der Waals surface area contributed by atoms with Crippen LogP contribution in [0.1, 0.15) is 25.8 Å². The van der Waals surface area contributed by atoms with E-state index in [9.17, 15) is 5.11 Å². The number of hydrogen-bond acceptors (Lipinski definition) is 6. The van der Waals surface area contributed by atoms with Gasteiger partial charge in [-0.05, 0) is 19.4 Å². The highest BCUT2D eigenvalue weighted by Gasteiger charge is 2.62. The Hall–Kier alpha value is -1.02. The van der Waals surface area contributed by atoms with Crippen LogP contribution in [-0.4, -0.2) is 55.3 Å². The fourth-order valence-electron chi connectivity index (χ4n) is 3.49. The fraction of sp³-hybridized carbons (Fsp3) is 0.667. The van der Waals surface area contributed by atoms with E-state index in [0.717, 1.165) is 5.56 Å². The topological polar surface area (TPSA) is 66.4 Å². The van der Waals surface area contributed by atoms with Crippen LogP contribution in [0.4, 0.5) is 0 Å². The smallest absolute Gasteiger partial charge is 0.190 e. The summed E-state index contributed by atoms with van der Waals surface area (Å²) in [5, 5.41) is 9.51. The van der Waals surface area contributed by atoms with Gasteiger partial charge in [-0.15, -0.1) is 0 Å². The molecule has 2 heterocycles. The molecule has 0 aromatic heterocycles. The minimum absolute atomic E-state index is 0.0304. The summed E-state index contributed by atoms with van der Waals surface area (Å²) in [6, 6.07) is 9.92. The van der Waals surface area contributed by atoms with Crippen LogP contribution in [0.2, 0.25) is 0 Å². The van der Waals surface area contributed by atoms with E-state index in [4.69, 9.17) is 23.7 Å². The summed E-state index contributed by atoms with van der Waals surface area (Å²) in [6.45, 7) is 4.43. The van der Waals surface area contributed by atoms with Crippen molar-refractivity contribution in [2.45, 2.75) is 56.8 Å². The SMILES string of the molecule is CO[C@H]1[C@H]2OC(C)(C)O[C@H]2O[C@]1(CCO)COCc1ccccc1. The lowest BCUT2D eigenvalue weighted by molar-refractivity contribution is -0.254. The zero-order valence-corrected chi connectivity index (χ0v) is 14.4. The molecule has 1 N–H and O–H groups in total. The number of rotatable bonds is 7. The second-order valence-electron chi connectivity index (χ2n) is 6.76. The number of aliphatic hydroxyl groups excluding tert-OH is 1. The quantitative estimate of drug-likeness (QED) is 0.818. The molecule has 0 amide bonds. The van der Waals surface area contributed by atoms with Crippen LogP contribution in [0, 0.1) is 0 Å². The lowest BCUT2D eigenvalue weighted by atomic mass is 9.92. The highest BCUT2D eigenvalue weighted by atomic mass is 16.8. The highest BCUT2D eigenvalue weighted by Crippen LogP contribution is 2.45.